The molecular weight excluding hydrogens is 354 g/mol. The molecule has 0 bridgehead atoms. The molecule has 1 aromatic carbocycles. The number of nitrogens with zero attached hydrogens (tertiary/aromatic N) is 2. The first-order chi connectivity index (χ1) is 12.6. The number of amidine groups is 1. The number of amides is 1. The minimum atomic E-state index is -3.50. The molecule has 138 valence electrons. The average Bonchev–Trinajstić information content (AvgIpc) is 2.64. The molecule has 0 aromatic heterocycles. The van der Waals surface area contributed by atoms with Gasteiger partial charge in [0.15, 0.2) is 5.84 Å². The van der Waals surface area contributed by atoms with Crippen LogP contribution in [0.5, 0.6) is 5.75 Å². The van der Waals surface area contributed by atoms with Crippen LogP contribution in [0.1, 0.15) is 12.8 Å². The fourth-order valence-corrected chi connectivity index (χ4v) is 3.61. The van der Waals surface area contributed by atoms with Crippen LogP contribution in [0.2, 0.25) is 0 Å². The Hall–Kier alpha value is -2.61. The minimum absolute atomic E-state index is 0.0445. The Kier molecular flexibility index (Phi) is 5.72. The molecule has 0 fully saturated rings. The summed E-state index contributed by atoms with van der Waals surface area (Å²) in [6.45, 7) is 1.36. The summed E-state index contributed by atoms with van der Waals surface area (Å²) in [5.41, 5.74) is 0.274. The molecule has 26 heavy (non-hydrogen) atoms. The summed E-state index contributed by atoms with van der Waals surface area (Å²) in [4.78, 5) is 14.1. The fourth-order valence-electron chi connectivity index (χ4n) is 2.62. The molecule has 2 aliphatic heterocycles. The number of carbonyl (C=O) groups excluding carboxylic acids is 1. The smallest absolute Gasteiger partial charge is 0.256 e. The molecule has 0 saturated heterocycles. The van der Waals surface area contributed by atoms with E-state index in [1.54, 1.807) is 23.3 Å². The van der Waals surface area contributed by atoms with E-state index in [2.05, 4.69) is 9.71 Å². The Morgan fingerprint density at radius 3 is 2.85 bits per heavy atom. The highest BCUT2D eigenvalue weighted by molar-refractivity contribution is 7.90. The van der Waals surface area contributed by atoms with E-state index < -0.39 is 10.0 Å². The van der Waals surface area contributed by atoms with E-state index in [9.17, 15) is 13.2 Å². The first-order valence-corrected chi connectivity index (χ1v) is 10.1. The summed E-state index contributed by atoms with van der Waals surface area (Å²) in [5.74, 6) is 0.659. The van der Waals surface area contributed by atoms with Gasteiger partial charge < -0.3 is 15.0 Å². The maximum Gasteiger partial charge on any atom is 0.256 e. The van der Waals surface area contributed by atoms with E-state index in [0.29, 0.717) is 19.7 Å². The Bertz CT molecular complexity index is 844. The topological polar surface area (TPSA) is 88.1 Å². The maximum atomic E-state index is 12.4. The lowest BCUT2D eigenvalue weighted by atomic mass is 10.1. The zero-order chi connectivity index (χ0) is 18.4. The highest BCUT2D eigenvalue weighted by Crippen LogP contribution is 2.17. The van der Waals surface area contributed by atoms with E-state index in [4.69, 9.17) is 4.74 Å². The molecule has 2 heterocycles. The zero-order valence-electron chi connectivity index (χ0n) is 14.3. The summed E-state index contributed by atoms with van der Waals surface area (Å²) < 4.78 is 32.8. The van der Waals surface area contributed by atoms with Crippen LogP contribution in [0, 0.1) is 0 Å². The van der Waals surface area contributed by atoms with Crippen molar-refractivity contribution >= 4 is 21.8 Å². The van der Waals surface area contributed by atoms with Gasteiger partial charge in [-0.25, -0.2) is 8.42 Å². The molecule has 7 nitrogen and oxygen atoms in total. The average molecular weight is 375 g/mol. The summed E-state index contributed by atoms with van der Waals surface area (Å²) in [7, 11) is -3.50. The highest BCUT2D eigenvalue weighted by Gasteiger charge is 2.29. The van der Waals surface area contributed by atoms with Crippen LogP contribution in [0.3, 0.4) is 0 Å². The van der Waals surface area contributed by atoms with Crippen LogP contribution >= 0.6 is 0 Å². The van der Waals surface area contributed by atoms with E-state index in [1.807, 2.05) is 30.3 Å². The second-order valence-corrected chi connectivity index (χ2v) is 7.70. The third-order valence-electron chi connectivity index (χ3n) is 3.97. The molecule has 1 aromatic rings. The summed E-state index contributed by atoms with van der Waals surface area (Å²) in [6, 6.07) is 9.56. The molecule has 2 aliphatic rings. The van der Waals surface area contributed by atoms with Crippen LogP contribution in [0.15, 0.2) is 58.7 Å². The lowest BCUT2D eigenvalue weighted by molar-refractivity contribution is -0.117. The second-order valence-electron chi connectivity index (χ2n) is 5.94. The molecule has 0 atom stereocenters. The van der Waals surface area contributed by atoms with Crippen molar-refractivity contribution in [2.45, 2.75) is 12.8 Å². The molecule has 1 N–H and O–H groups in total. The first kappa shape index (κ1) is 18.2. The number of rotatable bonds is 7. The van der Waals surface area contributed by atoms with Gasteiger partial charge in [0, 0.05) is 19.3 Å². The van der Waals surface area contributed by atoms with Crippen molar-refractivity contribution in [3.63, 3.8) is 0 Å². The molecule has 0 spiro atoms. The molecular formula is C18H21N3O4S. The van der Waals surface area contributed by atoms with Crippen molar-refractivity contribution < 1.29 is 17.9 Å². The third kappa shape index (κ3) is 4.72. The number of hydrogen-bond donors (Lipinski definition) is 1. The van der Waals surface area contributed by atoms with Crippen molar-refractivity contribution in [1.29, 1.82) is 0 Å². The van der Waals surface area contributed by atoms with Crippen molar-refractivity contribution in [1.82, 2.24) is 10.2 Å². The van der Waals surface area contributed by atoms with Gasteiger partial charge in [-0.15, -0.1) is 4.40 Å². The number of benzene rings is 1. The van der Waals surface area contributed by atoms with Gasteiger partial charge in [0.05, 0.1) is 17.9 Å². The van der Waals surface area contributed by atoms with E-state index >= 15 is 0 Å². The van der Waals surface area contributed by atoms with Crippen molar-refractivity contribution in [3.8, 4) is 5.75 Å². The highest BCUT2D eigenvalue weighted by atomic mass is 32.2. The second kappa shape index (κ2) is 8.18. The molecule has 8 heteroatoms. The molecule has 3 rings (SSSR count). The van der Waals surface area contributed by atoms with E-state index in [-0.39, 0.29) is 23.1 Å². The predicted octanol–water partition coefficient (Wildman–Crippen LogP) is 1.46. The van der Waals surface area contributed by atoms with Gasteiger partial charge in [0.2, 0.25) is 0 Å². The number of para-hydroxylation sites is 1. The third-order valence-corrected chi connectivity index (χ3v) is 5.12. The monoisotopic (exact) mass is 375 g/mol. The molecule has 0 aliphatic carbocycles. The summed E-state index contributed by atoms with van der Waals surface area (Å²) in [5, 5.41) is 2.81. The number of sulfonamides is 1. The molecule has 0 unspecified atom stereocenters. The van der Waals surface area contributed by atoms with Crippen molar-refractivity contribution in [2.75, 3.05) is 25.4 Å². The fraction of sp³-hybridized carbons (Fsp3) is 0.333. The zero-order valence-corrected chi connectivity index (χ0v) is 15.1. The first-order valence-electron chi connectivity index (χ1n) is 8.49. The summed E-state index contributed by atoms with van der Waals surface area (Å²) in [6.07, 6.45) is 6.60. The van der Waals surface area contributed by atoms with Gasteiger partial charge in [-0.1, -0.05) is 18.2 Å². The van der Waals surface area contributed by atoms with Gasteiger partial charge in [-0.3, -0.25) is 4.79 Å². The van der Waals surface area contributed by atoms with Crippen LogP contribution in [-0.2, 0) is 14.8 Å². The van der Waals surface area contributed by atoms with Gasteiger partial charge in [0.1, 0.15) is 5.75 Å². The number of hydrogen-bond acceptors (Lipinski definition) is 5. The summed E-state index contributed by atoms with van der Waals surface area (Å²) >= 11 is 0. The standard InChI is InChI=1S/C18H21N3O4S/c22-18(19-10-4-5-13-25-15-7-2-1-3-8-15)16-9-6-11-21-12-14-26(23,24)20-17(16)21/h1-3,6-9,11H,4-5,10,12-14H2,(H,19,22). The lowest BCUT2D eigenvalue weighted by Gasteiger charge is -2.28. The Morgan fingerprint density at radius 2 is 2.04 bits per heavy atom. The van der Waals surface area contributed by atoms with Crippen LogP contribution < -0.4 is 10.1 Å². The van der Waals surface area contributed by atoms with E-state index in [0.717, 1.165) is 18.6 Å². The Morgan fingerprint density at radius 1 is 1.23 bits per heavy atom. The predicted molar refractivity (Wildman–Crippen MR) is 99.3 cm³/mol. The van der Waals surface area contributed by atoms with Crippen molar-refractivity contribution in [2.24, 2.45) is 4.40 Å². The van der Waals surface area contributed by atoms with Crippen LogP contribution in [0.25, 0.3) is 0 Å². The Labute approximate surface area is 153 Å². The largest absolute Gasteiger partial charge is 0.494 e. The van der Waals surface area contributed by atoms with Gasteiger partial charge in [-0.2, -0.15) is 0 Å². The van der Waals surface area contributed by atoms with E-state index in [1.165, 1.54) is 0 Å². The molecule has 0 radical (unpaired) electrons. The quantitative estimate of drug-likeness (QED) is 0.729. The SMILES string of the molecule is O=C(NCCCCOc1ccccc1)C1=CC=CN2CCS(=O)(=O)N=C12. The maximum absolute atomic E-state index is 12.4. The number of fused-ring (bicyclic) bond motifs is 1. The lowest BCUT2D eigenvalue weighted by Crippen LogP contribution is -2.42. The van der Waals surface area contributed by atoms with Crippen LogP contribution in [-0.4, -0.2) is 50.5 Å². The van der Waals surface area contributed by atoms with Crippen molar-refractivity contribution in [3.05, 3.63) is 54.3 Å². The van der Waals surface area contributed by atoms with Crippen LogP contribution in [0.4, 0.5) is 0 Å². The number of ether oxygens (including phenoxy) is 1. The van der Waals surface area contributed by atoms with Gasteiger partial charge >= 0.3 is 0 Å². The normalized spacial score (nSPS) is 17.8. The molecule has 0 saturated carbocycles. The number of nitrogens with one attached hydrogen (secondary N) is 1. The minimum Gasteiger partial charge on any atom is -0.494 e. The van der Waals surface area contributed by atoms with Gasteiger partial charge in [0.25, 0.3) is 15.9 Å². The Balaban J connectivity index is 1.45. The molecule has 1 amide bonds. The number of unbranched alkanes of at least 4 members (excludes halogenated alkanes) is 1. The van der Waals surface area contributed by atoms with Gasteiger partial charge in [-0.05, 0) is 37.1 Å². The number of carbonyl (C=O) groups is 1. The number of allylic oxidation sites excluding steroid dienone is 2.